The maximum absolute atomic E-state index is 10.9. The number of hydrogen-bond donors (Lipinski definition) is 0. The number of halogens is 1. The van der Waals surface area contributed by atoms with Crippen molar-refractivity contribution in [1.82, 2.24) is 4.57 Å². The second-order valence-corrected chi connectivity index (χ2v) is 5.28. The summed E-state index contributed by atoms with van der Waals surface area (Å²) in [5.41, 5.74) is 2.25. The van der Waals surface area contributed by atoms with E-state index in [1.807, 2.05) is 24.3 Å². The van der Waals surface area contributed by atoms with Crippen molar-refractivity contribution in [2.45, 2.75) is 13.5 Å². The third-order valence-electron chi connectivity index (χ3n) is 3.34. The Balaban J connectivity index is 2.49. The summed E-state index contributed by atoms with van der Waals surface area (Å²) in [4.78, 5) is 10.6. The molecule has 0 spiro atoms. The van der Waals surface area contributed by atoms with Crippen LogP contribution in [0.3, 0.4) is 0 Å². The molecule has 0 atom stereocenters. The van der Waals surface area contributed by atoms with Gasteiger partial charge in [0.05, 0.1) is 4.92 Å². The van der Waals surface area contributed by atoms with Gasteiger partial charge in [-0.25, -0.2) is 0 Å². The minimum Gasteiger partial charge on any atom is -0.341 e. The van der Waals surface area contributed by atoms with Gasteiger partial charge in [-0.15, -0.1) is 0 Å². The zero-order valence-corrected chi connectivity index (χ0v) is 11.8. The normalized spacial score (nSPS) is 11.3. The fourth-order valence-corrected chi connectivity index (χ4v) is 2.88. The van der Waals surface area contributed by atoms with Crippen LogP contribution in [-0.2, 0) is 6.54 Å². The van der Waals surface area contributed by atoms with Crippen molar-refractivity contribution in [2.75, 3.05) is 0 Å². The van der Waals surface area contributed by atoms with Gasteiger partial charge in [0.25, 0.3) is 5.69 Å². The number of aryl methyl sites for hydroxylation is 1. The summed E-state index contributed by atoms with van der Waals surface area (Å²) in [7, 11) is 0. The summed E-state index contributed by atoms with van der Waals surface area (Å²) < 4.78 is 3.14. The molecular formula is C14H11BrN2O2. The average molecular weight is 319 g/mol. The first kappa shape index (κ1) is 12.2. The maximum Gasteiger partial charge on any atom is 0.270 e. The molecule has 19 heavy (non-hydrogen) atoms. The first-order valence-electron chi connectivity index (χ1n) is 5.97. The SMILES string of the molecule is CCn1c2ccc(Br)cc2c2cc([N+](=O)[O-])ccc21. The topological polar surface area (TPSA) is 48.1 Å². The van der Waals surface area contributed by atoms with Crippen molar-refractivity contribution in [3.8, 4) is 0 Å². The monoisotopic (exact) mass is 318 g/mol. The number of nitro benzene ring substituents is 1. The number of fused-ring (bicyclic) bond motifs is 3. The highest BCUT2D eigenvalue weighted by molar-refractivity contribution is 9.10. The van der Waals surface area contributed by atoms with Gasteiger partial charge in [0, 0.05) is 45.0 Å². The van der Waals surface area contributed by atoms with E-state index in [1.54, 1.807) is 12.1 Å². The second kappa shape index (κ2) is 4.35. The summed E-state index contributed by atoms with van der Waals surface area (Å²) in [5.74, 6) is 0. The number of nitrogens with zero attached hydrogens (tertiary/aromatic N) is 2. The minimum atomic E-state index is -0.355. The van der Waals surface area contributed by atoms with Crippen LogP contribution in [0.15, 0.2) is 40.9 Å². The van der Waals surface area contributed by atoms with E-state index in [0.717, 1.165) is 32.8 Å². The molecule has 0 fully saturated rings. The molecular weight excluding hydrogens is 308 g/mol. The van der Waals surface area contributed by atoms with Gasteiger partial charge in [0.15, 0.2) is 0 Å². The Labute approximate surface area is 117 Å². The Morgan fingerprint density at radius 2 is 1.79 bits per heavy atom. The highest BCUT2D eigenvalue weighted by Gasteiger charge is 2.13. The molecule has 1 heterocycles. The van der Waals surface area contributed by atoms with Crippen LogP contribution in [-0.4, -0.2) is 9.49 Å². The molecule has 1 aromatic heterocycles. The van der Waals surface area contributed by atoms with Crippen molar-refractivity contribution < 1.29 is 4.92 Å². The maximum atomic E-state index is 10.9. The van der Waals surface area contributed by atoms with Gasteiger partial charge in [-0.05, 0) is 31.2 Å². The van der Waals surface area contributed by atoms with E-state index < -0.39 is 0 Å². The molecule has 0 unspecified atom stereocenters. The van der Waals surface area contributed by atoms with Gasteiger partial charge in [-0.2, -0.15) is 0 Å². The quantitative estimate of drug-likeness (QED) is 0.516. The molecule has 0 bridgehead atoms. The first-order chi connectivity index (χ1) is 9.11. The molecule has 3 aromatic rings. The van der Waals surface area contributed by atoms with Crippen LogP contribution in [0.25, 0.3) is 21.8 Å². The molecule has 4 nitrogen and oxygen atoms in total. The van der Waals surface area contributed by atoms with E-state index in [1.165, 1.54) is 0 Å². The van der Waals surface area contributed by atoms with Crippen LogP contribution >= 0.6 is 15.9 Å². The summed E-state index contributed by atoms with van der Waals surface area (Å²) in [6, 6.07) is 11.1. The van der Waals surface area contributed by atoms with E-state index in [9.17, 15) is 10.1 Å². The lowest BCUT2D eigenvalue weighted by Gasteiger charge is -2.02. The van der Waals surface area contributed by atoms with Gasteiger partial charge >= 0.3 is 0 Å². The third-order valence-corrected chi connectivity index (χ3v) is 3.83. The Hall–Kier alpha value is -1.88. The van der Waals surface area contributed by atoms with Crippen molar-refractivity contribution in [2.24, 2.45) is 0 Å². The molecule has 0 aliphatic carbocycles. The zero-order chi connectivity index (χ0) is 13.6. The van der Waals surface area contributed by atoms with Crippen LogP contribution in [0, 0.1) is 10.1 Å². The second-order valence-electron chi connectivity index (χ2n) is 4.36. The summed E-state index contributed by atoms with van der Waals surface area (Å²) >= 11 is 3.45. The van der Waals surface area contributed by atoms with E-state index in [-0.39, 0.29) is 10.6 Å². The predicted octanol–water partition coefficient (Wildman–Crippen LogP) is 4.49. The van der Waals surface area contributed by atoms with Crippen LogP contribution in [0.4, 0.5) is 5.69 Å². The smallest absolute Gasteiger partial charge is 0.270 e. The number of hydrogen-bond acceptors (Lipinski definition) is 2. The average Bonchev–Trinajstić information content (AvgIpc) is 2.71. The van der Waals surface area contributed by atoms with E-state index >= 15 is 0 Å². The van der Waals surface area contributed by atoms with E-state index in [0.29, 0.717) is 0 Å². The summed E-state index contributed by atoms with van der Waals surface area (Å²) in [6.07, 6.45) is 0. The fourth-order valence-electron chi connectivity index (χ4n) is 2.52. The largest absolute Gasteiger partial charge is 0.341 e. The molecule has 0 aliphatic rings. The molecule has 0 radical (unpaired) electrons. The Kier molecular flexibility index (Phi) is 2.78. The van der Waals surface area contributed by atoms with Crippen LogP contribution in [0.5, 0.6) is 0 Å². The number of aromatic nitrogens is 1. The highest BCUT2D eigenvalue weighted by Crippen LogP contribution is 2.33. The van der Waals surface area contributed by atoms with Crippen LogP contribution in [0.2, 0.25) is 0 Å². The van der Waals surface area contributed by atoms with Gasteiger partial charge in [-0.1, -0.05) is 15.9 Å². The number of benzene rings is 2. The van der Waals surface area contributed by atoms with Gasteiger partial charge < -0.3 is 4.57 Å². The summed E-state index contributed by atoms with van der Waals surface area (Å²) in [6.45, 7) is 2.90. The molecule has 0 aliphatic heterocycles. The van der Waals surface area contributed by atoms with Crippen molar-refractivity contribution in [3.63, 3.8) is 0 Å². The van der Waals surface area contributed by atoms with Crippen LogP contribution in [0.1, 0.15) is 6.92 Å². The lowest BCUT2D eigenvalue weighted by atomic mass is 10.1. The molecule has 96 valence electrons. The van der Waals surface area contributed by atoms with Gasteiger partial charge in [0.2, 0.25) is 0 Å². The lowest BCUT2D eigenvalue weighted by Crippen LogP contribution is -1.93. The molecule has 0 amide bonds. The Bertz CT molecular complexity index is 808. The van der Waals surface area contributed by atoms with E-state index in [2.05, 4.69) is 27.4 Å². The van der Waals surface area contributed by atoms with Crippen LogP contribution < -0.4 is 0 Å². The van der Waals surface area contributed by atoms with Crippen molar-refractivity contribution in [1.29, 1.82) is 0 Å². The highest BCUT2D eigenvalue weighted by atomic mass is 79.9. The number of rotatable bonds is 2. The predicted molar refractivity (Wildman–Crippen MR) is 79.5 cm³/mol. The van der Waals surface area contributed by atoms with E-state index in [4.69, 9.17) is 0 Å². The molecule has 5 heteroatoms. The van der Waals surface area contributed by atoms with Crippen molar-refractivity contribution >= 4 is 43.4 Å². The standard InChI is InChI=1S/C14H11BrN2O2/c1-2-16-13-5-3-9(15)7-11(13)12-8-10(17(18)19)4-6-14(12)16/h3-8H,2H2,1H3. The third kappa shape index (κ3) is 1.81. The Morgan fingerprint density at radius 1 is 1.16 bits per heavy atom. The molecule has 0 saturated heterocycles. The number of non-ortho nitro benzene ring substituents is 1. The lowest BCUT2D eigenvalue weighted by molar-refractivity contribution is -0.384. The minimum absolute atomic E-state index is 0.127. The fraction of sp³-hybridized carbons (Fsp3) is 0.143. The molecule has 0 saturated carbocycles. The van der Waals surface area contributed by atoms with Gasteiger partial charge in [0.1, 0.15) is 0 Å². The summed E-state index contributed by atoms with van der Waals surface area (Å²) in [5, 5.41) is 12.9. The Morgan fingerprint density at radius 3 is 2.42 bits per heavy atom. The van der Waals surface area contributed by atoms with Gasteiger partial charge in [-0.3, -0.25) is 10.1 Å². The number of nitro groups is 1. The molecule has 0 N–H and O–H groups in total. The first-order valence-corrected chi connectivity index (χ1v) is 6.77. The van der Waals surface area contributed by atoms with Crippen molar-refractivity contribution in [3.05, 3.63) is 51.0 Å². The zero-order valence-electron chi connectivity index (χ0n) is 10.3. The molecule has 2 aromatic carbocycles. The molecule has 3 rings (SSSR count).